The molecule has 1 N–H and O–H groups in total. The highest BCUT2D eigenvalue weighted by atomic mass is 32.1. The number of thiazole rings is 1. The number of amides is 1. The quantitative estimate of drug-likeness (QED) is 0.240. The van der Waals surface area contributed by atoms with Crippen LogP contribution in [0.25, 0.3) is 0 Å². The van der Waals surface area contributed by atoms with Crippen LogP contribution in [-0.4, -0.2) is 34.3 Å². The number of carbonyl (C=O) groups is 2. The molecular weight excluding hydrogens is 453 g/mol. The van der Waals surface area contributed by atoms with Gasteiger partial charge in [-0.25, -0.2) is 14.7 Å². The molecular formula is C26H46FN3O3S. The Morgan fingerprint density at radius 3 is 2.35 bits per heavy atom. The number of carbonyl (C=O) groups excluding carboxylic acids is 2. The van der Waals surface area contributed by atoms with Gasteiger partial charge in [0.2, 0.25) is 5.91 Å². The first-order valence-electron chi connectivity index (χ1n) is 12.7. The Bertz CT molecular complexity index is 724. The standard InChI is InChI=1S/C24H40FN3O3S.C2H6/c1-7-9-11-12-14-28(18(5)13-10-8-2)22(17(3)4)15-20(26-19(6)29)23-27-21(16-32-23)24(30)31-25;1-2/h16-17,20,22H,5,7-15H2,1-4,6H3,(H,26,29);1-2H3. The lowest BCUT2D eigenvalue weighted by atomic mass is 9.93. The van der Waals surface area contributed by atoms with E-state index < -0.39 is 5.97 Å². The minimum absolute atomic E-state index is 0.0901. The van der Waals surface area contributed by atoms with Gasteiger partial charge >= 0.3 is 5.97 Å². The number of unbranched alkanes of at least 4 members (excludes halogenated alkanes) is 4. The fourth-order valence-electron chi connectivity index (χ4n) is 3.84. The second kappa shape index (κ2) is 18.4. The van der Waals surface area contributed by atoms with E-state index in [9.17, 15) is 14.1 Å². The zero-order chi connectivity index (χ0) is 26.1. The van der Waals surface area contributed by atoms with E-state index in [-0.39, 0.29) is 23.7 Å². The van der Waals surface area contributed by atoms with Crippen LogP contribution in [-0.2, 0) is 9.74 Å². The molecule has 1 rings (SSSR count). The smallest absolute Gasteiger partial charge is 0.372 e. The van der Waals surface area contributed by atoms with Crippen LogP contribution in [0.4, 0.5) is 4.53 Å². The summed E-state index contributed by atoms with van der Waals surface area (Å²) >= 11 is 1.22. The first kappa shape index (κ1) is 32.0. The molecule has 0 saturated heterocycles. The van der Waals surface area contributed by atoms with Crippen molar-refractivity contribution in [2.45, 2.75) is 112 Å². The van der Waals surface area contributed by atoms with Gasteiger partial charge in [0.1, 0.15) is 5.01 Å². The van der Waals surface area contributed by atoms with E-state index in [0.717, 1.165) is 37.9 Å². The third-order valence-electron chi connectivity index (χ3n) is 5.60. The number of hydrogen-bond donors (Lipinski definition) is 1. The maximum atomic E-state index is 12.3. The fraction of sp³-hybridized carbons (Fsp3) is 0.731. The van der Waals surface area contributed by atoms with Gasteiger partial charge in [0.25, 0.3) is 0 Å². The molecule has 1 aromatic heterocycles. The summed E-state index contributed by atoms with van der Waals surface area (Å²) in [6, 6.07) is -0.249. The third kappa shape index (κ3) is 11.4. The van der Waals surface area contributed by atoms with E-state index in [4.69, 9.17) is 0 Å². The second-order valence-corrected chi connectivity index (χ2v) is 9.55. The zero-order valence-electron chi connectivity index (χ0n) is 22.3. The highest BCUT2D eigenvalue weighted by Crippen LogP contribution is 2.30. The Balaban J connectivity index is 0.00000529. The monoisotopic (exact) mass is 499 g/mol. The van der Waals surface area contributed by atoms with Crippen molar-refractivity contribution in [1.29, 1.82) is 0 Å². The normalized spacial score (nSPS) is 12.4. The maximum Gasteiger partial charge on any atom is 0.398 e. The van der Waals surface area contributed by atoms with Crippen molar-refractivity contribution >= 4 is 23.2 Å². The Labute approximate surface area is 210 Å². The number of nitrogens with one attached hydrogen (secondary N) is 1. The Morgan fingerprint density at radius 1 is 1.18 bits per heavy atom. The molecule has 0 aliphatic heterocycles. The Morgan fingerprint density at radius 2 is 1.82 bits per heavy atom. The Kier molecular flexibility index (Phi) is 17.3. The van der Waals surface area contributed by atoms with E-state index in [1.165, 1.54) is 42.9 Å². The molecule has 2 unspecified atom stereocenters. The largest absolute Gasteiger partial charge is 0.398 e. The van der Waals surface area contributed by atoms with E-state index >= 15 is 0 Å². The number of rotatable bonds is 16. The van der Waals surface area contributed by atoms with E-state index in [1.807, 2.05) is 13.8 Å². The number of halogens is 1. The lowest BCUT2D eigenvalue weighted by Gasteiger charge is -2.39. The number of aromatic nitrogens is 1. The van der Waals surface area contributed by atoms with Crippen LogP contribution in [0, 0.1) is 5.92 Å². The summed E-state index contributed by atoms with van der Waals surface area (Å²) in [7, 11) is 0. The molecule has 1 aromatic rings. The van der Waals surface area contributed by atoms with Gasteiger partial charge in [0.15, 0.2) is 5.69 Å². The summed E-state index contributed by atoms with van der Waals surface area (Å²) < 4.78 is 12.3. The molecule has 8 heteroatoms. The van der Waals surface area contributed by atoms with Crippen molar-refractivity contribution in [3.63, 3.8) is 0 Å². The van der Waals surface area contributed by atoms with Crippen LogP contribution in [0.3, 0.4) is 0 Å². The summed E-state index contributed by atoms with van der Waals surface area (Å²) in [5.41, 5.74) is 1.04. The topological polar surface area (TPSA) is 71.5 Å². The molecule has 0 spiro atoms. The van der Waals surface area contributed by atoms with E-state index in [0.29, 0.717) is 17.3 Å². The molecule has 0 fully saturated rings. The van der Waals surface area contributed by atoms with Gasteiger partial charge in [-0.05, 0) is 31.6 Å². The molecule has 196 valence electrons. The van der Waals surface area contributed by atoms with Gasteiger partial charge in [-0.15, -0.1) is 11.3 Å². The van der Waals surface area contributed by atoms with Gasteiger partial charge in [0, 0.05) is 35.1 Å². The summed E-state index contributed by atoms with van der Waals surface area (Å²) in [5.74, 6) is -0.993. The summed E-state index contributed by atoms with van der Waals surface area (Å²) in [4.78, 5) is 33.4. The number of allylic oxidation sites excluding steroid dienone is 1. The molecule has 0 aliphatic carbocycles. The van der Waals surface area contributed by atoms with Crippen LogP contribution in [0.1, 0.15) is 121 Å². The fourth-order valence-corrected chi connectivity index (χ4v) is 4.69. The van der Waals surface area contributed by atoms with E-state index in [1.54, 1.807) is 0 Å². The van der Waals surface area contributed by atoms with Crippen LogP contribution >= 0.6 is 11.3 Å². The maximum absolute atomic E-state index is 12.3. The highest BCUT2D eigenvalue weighted by molar-refractivity contribution is 7.09. The van der Waals surface area contributed by atoms with Gasteiger partial charge in [0.05, 0.1) is 6.04 Å². The van der Waals surface area contributed by atoms with Crippen LogP contribution in [0.15, 0.2) is 17.7 Å². The van der Waals surface area contributed by atoms with Gasteiger partial charge in [-0.1, -0.05) is 73.8 Å². The van der Waals surface area contributed by atoms with Crippen LogP contribution < -0.4 is 5.32 Å². The SMILES string of the molecule is C=C(CCCC)N(CCCCCC)C(CC(NC(C)=O)c1nc(C(=O)OF)cs1)C(C)C.CC. The van der Waals surface area contributed by atoms with Crippen molar-refractivity contribution in [2.75, 3.05) is 6.54 Å². The minimum atomic E-state index is -1.13. The van der Waals surface area contributed by atoms with Crippen LogP contribution in [0.2, 0.25) is 0 Å². The molecule has 2 atom stereocenters. The molecule has 0 saturated carbocycles. The third-order valence-corrected chi connectivity index (χ3v) is 6.56. The number of nitrogens with zero attached hydrogens (tertiary/aromatic N) is 2. The predicted molar refractivity (Wildman–Crippen MR) is 139 cm³/mol. The van der Waals surface area contributed by atoms with Crippen molar-refractivity contribution in [3.05, 3.63) is 28.4 Å². The zero-order valence-corrected chi connectivity index (χ0v) is 23.1. The van der Waals surface area contributed by atoms with Crippen molar-refractivity contribution in [1.82, 2.24) is 15.2 Å². The highest BCUT2D eigenvalue weighted by Gasteiger charge is 2.29. The predicted octanol–water partition coefficient (Wildman–Crippen LogP) is 7.39. The Hall–Kier alpha value is -1.96. The minimum Gasteiger partial charge on any atom is -0.372 e. The van der Waals surface area contributed by atoms with Gasteiger partial charge in [-0.2, -0.15) is 0 Å². The first-order chi connectivity index (χ1) is 16.2. The molecule has 0 radical (unpaired) electrons. The van der Waals surface area contributed by atoms with Crippen molar-refractivity contribution in [3.8, 4) is 0 Å². The summed E-state index contributed by atoms with van der Waals surface area (Å²) in [6.45, 7) is 19.5. The summed E-state index contributed by atoms with van der Waals surface area (Å²) in [6.07, 6.45) is 8.43. The molecule has 0 aromatic carbocycles. The van der Waals surface area contributed by atoms with Crippen molar-refractivity contribution in [2.24, 2.45) is 5.92 Å². The lowest BCUT2D eigenvalue weighted by Crippen LogP contribution is -2.42. The molecule has 6 nitrogen and oxygen atoms in total. The average Bonchev–Trinajstić information content (AvgIpc) is 3.31. The molecule has 0 bridgehead atoms. The van der Waals surface area contributed by atoms with Gasteiger partial charge in [-0.3, -0.25) is 4.79 Å². The van der Waals surface area contributed by atoms with E-state index in [2.05, 4.69) is 54.4 Å². The molecule has 1 heterocycles. The first-order valence-corrected chi connectivity index (χ1v) is 13.6. The molecule has 1 amide bonds. The second-order valence-electron chi connectivity index (χ2n) is 8.66. The lowest BCUT2D eigenvalue weighted by molar-refractivity contribution is -0.119. The molecule has 34 heavy (non-hydrogen) atoms. The van der Waals surface area contributed by atoms with Gasteiger partial charge < -0.3 is 10.2 Å². The number of hydrogen-bond acceptors (Lipinski definition) is 6. The van der Waals surface area contributed by atoms with Crippen LogP contribution in [0.5, 0.6) is 0 Å². The average molecular weight is 500 g/mol. The molecule has 0 aliphatic rings. The summed E-state index contributed by atoms with van der Waals surface area (Å²) in [5, 5.41) is 5.00. The van der Waals surface area contributed by atoms with Crippen molar-refractivity contribution < 1.29 is 19.1 Å².